The van der Waals surface area contributed by atoms with E-state index in [0.29, 0.717) is 30.3 Å². The Morgan fingerprint density at radius 2 is 1.86 bits per heavy atom. The highest BCUT2D eigenvalue weighted by Gasteiger charge is 2.24. The standard InChI is InChI=1S/C20H26N6O2/c1-14-6-8-16(9-7-14)19-22-20(28-24-19)26-11-4-5-17(10-12-26)25(3)13-18-21-15(2)27-23-18/h6-9,17H,4-5,10-13H2,1-3H3. The van der Waals surface area contributed by atoms with Gasteiger partial charge in [-0.15, -0.1) is 0 Å². The first-order chi connectivity index (χ1) is 13.6. The van der Waals surface area contributed by atoms with E-state index in [-0.39, 0.29) is 0 Å². The number of hydrogen-bond donors (Lipinski definition) is 0. The molecule has 1 aliphatic heterocycles. The van der Waals surface area contributed by atoms with Crippen molar-refractivity contribution in [1.29, 1.82) is 0 Å². The Bertz CT molecular complexity index is 904. The van der Waals surface area contributed by atoms with Gasteiger partial charge in [-0.05, 0) is 33.2 Å². The lowest BCUT2D eigenvalue weighted by molar-refractivity contribution is 0.209. The number of aromatic nitrogens is 4. The van der Waals surface area contributed by atoms with Crippen molar-refractivity contribution >= 4 is 6.01 Å². The summed E-state index contributed by atoms with van der Waals surface area (Å²) in [5, 5.41) is 8.17. The lowest BCUT2D eigenvalue weighted by Gasteiger charge is -2.25. The second-order valence-electron chi connectivity index (χ2n) is 7.48. The van der Waals surface area contributed by atoms with Crippen LogP contribution >= 0.6 is 0 Å². The van der Waals surface area contributed by atoms with E-state index in [4.69, 9.17) is 9.05 Å². The molecule has 8 nitrogen and oxygen atoms in total. The fourth-order valence-electron chi connectivity index (χ4n) is 3.63. The van der Waals surface area contributed by atoms with E-state index in [2.05, 4.69) is 56.2 Å². The maximum atomic E-state index is 5.56. The van der Waals surface area contributed by atoms with Gasteiger partial charge in [0.1, 0.15) is 0 Å². The summed E-state index contributed by atoms with van der Waals surface area (Å²) in [4.78, 5) is 13.4. The van der Waals surface area contributed by atoms with E-state index in [0.717, 1.165) is 43.7 Å². The zero-order valence-corrected chi connectivity index (χ0v) is 16.6. The lowest BCUT2D eigenvalue weighted by Crippen LogP contribution is -2.33. The summed E-state index contributed by atoms with van der Waals surface area (Å²) >= 11 is 0. The molecule has 0 amide bonds. The van der Waals surface area contributed by atoms with E-state index >= 15 is 0 Å². The van der Waals surface area contributed by atoms with Crippen molar-refractivity contribution in [2.45, 2.75) is 45.7 Å². The number of benzene rings is 1. The van der Waals surface area contributed by atoms with E-state index < -0.39 is 0 Å². The third-order valence-electron chi connectivity index (χ3n) is 5.28. The minimum atomic E-state index is 0.461. The fourth-order valence-corrected chi connectivity index (χ4v) is 3.63. The van der Waals surface area contributed by atoms with Crippen molar-refractivity contribution in [3.63, 3.8) is 0 Å². The maximum absolute atomic E-state index is 5.56. The minimum absolute atomic E-state index is 0.461. The molecule has 8 heteroatoms. The molecule has 1 aliphatic rings. The third-order valence-corrected chi connectivity index (χ3v) is 5.28. The molecular formula is C20H26N6O2. The predicted molar refractivity (Wildman–Crippen MR) is 105 cm³/mol. The van der Waals surface area contributed by atoms with E-state index in [1.165, 1.54) is 5.56 Å². The van der Waals surface area contributed by atoms with Gasteiger partial charge >= 0.3 is 6.01 Å². The zero-order chi connectivity index (χ0) is 19.5. The van der Waals surface area contributed by atoms with Gasteiger partial charge in [0.25, 0.3) is 0 Å². The van der Waals surface area contributed by atoms with Gasteiger partial charge < -0.3 is 13.9 Å². The summed E-state index contributed by atoms with van der Waals surface area (Å²) in [6, 6.07) is 9.23. The predicted octanol–water partition coefficient (Wildman–Crippen LogP) is 3.23. The van der Waals surface area contributed by atoms with Crippen LogP contribution < -0.4 is 4.90 Å². The Balaban J connectivity index is 1.38. The van der Waals surface area contributed by atoms with Crippen LogP contribution in [0.1, 0.15) is 36.5 Å². The van der Waals surface area contributed by atoms with Gasteiger partial charge in [0, 0.05) is 31.6 Å². The molecule has 1 aromatic carbocycles. The van der Waals surface area contributed by atoms with Crippen molar-refractivity contribution in [3.05, 3.63) is 41.5 Å². The Hall–Kier alpha value is -2.74. The van der Waals surface area contributed by atoms with E-state index in [1.54, 1.807) is 0 Å². The summed E-state index contributed by atoms with van der Waals surface area (Å²) in [6.45, 7) is 6.38. The molecule has 1 atom stereocenters. The van der Waals surface area contributed by atoms with Gasteiger partial charge in [-0.25, -0.2) is 0 Å². The Morgan fingerprint density at radius 3 is 2.61 bits per heavy atom. The molecule has 1 saturated heterocycles. The molecule has 1 fully saturated rings. The summed E-state index contributed by atoms with van der Waals surface area (Å²) in [5.41, 5.74) is 2.19. The fraction of sp³-hybridized carbons (Fsp3) is 0.500. The van der Waals surface area contributed by atoms with Crippen molar-refractivity contribution in [2.24, 2.45) is 0 Å². The molecule has 3 aromatic rings. The summed E-state index contributed by atoms with van der Waals surface area (Å²) in [5.74, 6) is 1.98. The molecule has 3 heterocycles. The lowest BCUT2D eigenvalue weighted by atomic mass is 10.1. The largest absolute Gasteiger partial charge is 0.340 e. The Kier molecular flexibility index (Phi) is 5.38. The second kappa shape index (κ2) is 8.10. The Morgan fingerprint density at radius 1 is 1.04 bits per heavy atom. The smallest absolute Gasteiger partial charge is 0.324 e. The Labute approximate surface area is 164 Å². The minimum Gasteiger partial charge on any atom is -0.340 e. The van der Waals surface area contributed by atoms with Gasteiger partial charge in [0.15, 0.2) is 5.82 Å². The average Bonchev–Trinajstić information content (AvgIpc) is 3.25. The molecule has 4 rings (SSSR count). The van der Waals surface area contributed by atoms with Gasteiger partial charge in [-0.1, -0.05) is 40.1 Å². The SMILES string of the molecule is Cc1ccc(-c2noc(N3CCCC(N(C)Cc4noc(C)n4)CC3)n2)cc1. The first kappa shape index (κ1) is 18.6. The molecule has 0 bridgehead atoms. The molecule has 0 spiro atoms. The first-order valence-electron chi connectivity index (χ1n) is 9.73. The maximum Gasteiger partial charge on any atom is 0.324 e. The van der Waals surface area contributed by atoms with E-state index in [1.807, 2.05) is 19.1 Å². The zero-order valence-electron chi connectivity index (χ0n) is 16.6. The topological polar surface area (TPSA) is 84.3 Å². The van der Waals surface area contributed by atoms with Crippen molar-refractivity contribution in [1.82, 2.24) is 25.2 Å². The number of anilines is 1. The first-order valence-corrected chi connectivity index (χ1v) is 9.73. The molecule has 0 radical (unpaired) electrons. The van der Waals surface area contributed by atoms with E-state index in [9.17, 15) is 0 Å². The highest BCUT2D eigenvalue weighted by molar-refractivity contribution is 5.56. The molecule has 2 aromatic heterocycles. The van der Waals surface area contributed by atoms with Crippen molar-refractivity contribution in [2.75, 3.05) is 25.0 Å². The van der Waals surface area contributed by atoms with Crippen LogP contribution in [0, 0.1) is 13.8 Å². The van der Waals surface area contributed by atoms with Crippen LogP contribution in [0.15, 0.2) is 33.3 Å². The second-order valence-corrected chi connectivity index (χ2v) is 7.48. The van der Waals surface area contributed by atoms with Crippen molar-refractivity contribution < 1.29 is 9.05 Å². The highest BCUT2D eigenvalue weighted by Crippen LogP contribution is 2.24. The van der Waals surface area contributed by atoms with Crippen LogP contribution in [-0.4, -0.2) is 51.4 Å². The van der Waals surface area contributed by atoms with Crippen LogP contribution in [0.25, 0.3) is 11.4 Å². The number of aryl methyl sites for hydroxylation is 2. The number of hydrogen-bond acceptors (Lipinski definition) is 8. The molecule has 28 heavy (non-hydrogen) atoms. The van der Waals surface area contributed by atoms with Gasteiger partial charge in [-0.2, -0.15) is 9.97 Å². The molecule has 0 saturated carbocycles. The highest BCUT2D eigenvalue weighted by atomic mass is 16.5. The quantitative estimate of drug-likeness (QED) is 0.665. The van der Waals surface area contributed by atoms with Crippen LogP contribution in [0.5, 0.6) is 0 Å². The van der Waals surface area contributed by atoms with Gasteiger partial charge in [0.05, 0.1) is 6.54 Å². The van der Waals surface area contributed by atoms with Crippen LogP contribution in [0.3, 0.4) is 0 Å². The van der Waals surface area contributed by atoms with Crippen LogP contribution in [-0.2, 0) is 6.54 Å². The van der Waals surface area contributed by atoms with Gasteiger partial charge in [-0.3, -0.25) is 4.90 Å². The average molecular weight is 382 g/mol. The number of rotatable bonds is 5. The normalized spacial score (nSPS) is 17.9. The summed E-state index contributed by atoms with van der Waals surface area (Å²) in [6.07, 6.45) is 3.21. The summed E-state index contributed by atoms with van der Waals surface area (Å²) < 4.78 is 10.6. The number of nitrogens with zero attached hydrogens (tertiary/aromatic N) is 6. The third kappa shape index (κ3) is 4.22. The van der Waals surface area contributed by atoms with Crippen molar-refractivity contribution in [3.8, 4) is 11.4 Å². The molecule has 0 N–H and O–H groups in total. The molecule has 0 aliphatic carbocycles. The van der Waals surface area contributed by atoms with Gasteiger partial charge in [0.2, 0.25) is 11.7 Å². The monoisotopic (exact) mass is 382 g/mol. The summed E-state index contributed by atoms with van der Waals surface area (Å²) in [7, 11) is 2.12. The van der Waals surface area contributed by atoms with Crippen LogP contribution in [0.2, 0.25) is 0 Å². The molecule has 148 valence electrons. The van der Waals surface area contributed by atoms with Crippen LogP contribution in [0.4, 0.5) is 6.01 Å². The molecule has 1 unspecified atom stereocenters. The molecular weight excluding hydrogens is 356 g/mol.